The van der Waals surface area contributed by atoms with Gasteiger partial charge in [0.1, 0.15) is 23.8 Å². The number of nitrogens with one attached hydrogen (secondary N) is 1. The van der Waals surface area contributed by atoms with Crippen molar-refractivity contribution >= 4 is 5.52 Å². The number of rotatable bonds is 6. The maximum atomic E-state index is 13.3. The molecule has 1 aliphatic heterocycles. The Morgan fingerprint density at radius 3 is 2.85 bits per heavy atom. The number of halogens is 1. The largest absolute Gasteiger partial charge is 0.493 e. The van der Waals surface area contributed by atoms with Gasteiger partial charge in [-0.3, -0.25) is 9.67 Å². The zero-order chi connectivity index (χ0) is 23.2. The molecule has 0 amide bonds. The third kappa shape index (κ3) is 3.81. The Kier molecular flexibility index (Phi) is 5.26. The van der Waals surface area contributed by atoms with Crippen LogP contribution >= 0.6 is 0 Å². The van der Waals surface area contributed by atoms with E-state index in [0.29, 0.717) is 22.7 Å². The van der Waals surface area contributed by atoms with Gasteiger partial charge in [0.2, 0.25) is 0 Å². The second-order valence-corrected chi connectivity index (χ2v) is 8.34. The number of pyridine rings is 2. The second kappa shape index (κ2) is 8.13. The highest BCUT2D eigenvalue weighted by atomic mass is 19.1. The van der Waals surface area contributed by atoms with Crippen LogP contribution in [0.2, 0.25) is 0 Å². The van der Waals surface area contributed by atoms with Crippen LogP contribution in [0.3, 0.4) is 0 Å². The van der Waals surface area contributed by atoms with E-state index in [1.807, 2.05) is 16.9 Å². The average molecular weight is 452 g/mol. The molecule has 0 saturated carbocycles. The molecule has 4 aromatic heterocycles. The van der Waals surface area contributed by atoms with E-state index in [1.165, 1.54) is 12.1 Å². The normalized spacial score (nSPS) is 15.3. The summed E-state index contributed by atoms with van der Waals surface area (Å²) in [7, 11) is 1.56. The number of nitrogens with zero attached hydrogens (tertiary/aromatic N) is 5. The SMILES string of the molecule is COc1cnn2cc(-c3nn4c(c3C)CNCC4)cc(OCC(C)(O)c3ccc(F)cn3)c12. The molecule has 0 aliphatic carbocycles. The van der Waals surface area contributed by atoms with E-state index in [4.69, 9.17) is 14.6 Å². The topological polar surface area (TPSA) is 98.7 Å². The minimum Gasteiger partial charge on any atom is -0.493 e. The van der Waals surface area contributed by atoms with Crippen LogP contribution in [0, 0.1) is 12.7 Å². The van der Waals surface area contributed by atoms with Crippen LogP contribution in [0.4, 0.5) is 4.39 Å². The number of hydrogen-bond donors (Lipinski definition) is 2. The molecule has 0 bridgehead atoms. The summed E-state index contributed by atoms with van der Waals surface area (Å²) in [4.78, 5) is 4.00. The molecule has 5 rings (SSSR count). The molecule has 0 fully saturated rings. The van der Waals surface area contributed by atoms with Gasteiger partial charge in [0.15, 0.2) is 11.3 Å². The van der Waals surface area contributed by atoms with Crippen molar-refractivity contribution in [3.63, 3.8) is 0 Å². The summed E-state index contributed by atoms with van der Waals surface area (Å²) < 4.78 is 28.5. The Hall–Kier alpha value is -3.50. The van der Waals surface area contributed by atoms with Gasteiger partial charge in [0, 0.05) is 24.8 Å². The monoisotopic (exact) mass is 452 g/mol. The average Bonchev–Trinajstić information content (AvgIpc) is 3.39. The maximum Gasteiger partial charge on any atom is 0.168 e. The molecule has 33 heavy (non-hydrogen) atoms. The van der Waals surface area contributed by atoms with Crippen LogP contribution in [0.25, 0.3) is 16.8 Å². The van der Waals surface area contributed by atoms with Crippen molar-refractivity contribution in [2.24, 2.45) is 0 Å². The van der Waals surface area contributed by atoms with Gasteiger partial charge >= 0.3 is 0 Å². The first-order chi connectivity index (χ1) is 15.9. The van der Waals surface area contributed by atoms with Crippen molar-refractivity contribution in [2.45, 2.75) is 32.5 Å². The fourth-order valence-electron chi connectivity index (χ4n) is 4.09. The Balaban J connectivity index is 1.54. The molecule has 1 aliphatic rings. The van der Waals surface area contributed by atoms with Gasteiger partial charge in [0.25, 0.3) is 0 Å². The van der Waals surface area contributed by atoms with Crippen molar-refractivity contribution in [2.75, 3.05) is 20.3 Å². The van der Waals surface area contributed by atoms with E-state index in [1.54, 1.807) is 24.7 Å². The van der Waals surface area contributed by atoms with Crippen LogP contribution < -0.4 is 14.8 Å². The summed E-state index contributed by atoms with van der Waals surface area (Å²) >= 11 is 0. The fraction of sp³-hybridized carbons (Fsp3) is 0.348. The van der Waals surface area contributed by atoms with Gasteiger partial charge in [-0.25, -0.2) is 8.91 Å². The number of aromatic nitrogens is 5. The van der Waals surface area contributed by atoms with Crippen molar-refractivity contribution in [1.82, 2.24) is 29.7 Å². The van der Waals surface area contributed by atoms with Gasteiger partial charge in [0.05, 0.1) is 43.1 Å². The van der Waals surface area contributed by atoms with Crippen LogP contribution in [-0.2, 0) is 18.7 Å². The van der Waals surface area contributed by atoms with E-state index in [-0.39, 0.29) is 6.61 Å². The third-order valence-corrected chi connectivity index (χ3v) is 5.94. The fourth-order valence-corrected chi connectivity index (χ4v) is 4.09. The molecule has 9 nitrogen and oxygen atoms in total. The number of ether oxygens (including phenoxy) is 2. The highest BCUT2D eigenvalue weighted by molar-refractivity contribution is 5.75. The number of aliphatic hydroxyl groups is 1. The maximum absolute atomic E-state index is 13.3. The molecule has 5 heterocycles. The molecule has 0 saturated heterocycles. The van der Waals surface area contributed by atoms with Crippen LogP contribution in [0.15, 0.2) is 36.8 Å². The predicted molar refractivity (Wildman–Crippen MR) is 119 cm³/mol. The minimum atomic E-state index is -1.44. The van der Waals surface area contributed by atoms with E-state index >= 15 is 0 Å². The van der Waals surface area contributed by atoms with Gasteiger partial charge in [-0.2, -0.15) is 10.2 Å². The molecular weight excluding hydrogens is 427 g/mol. The summed E-state index contributed by atoms with van der Waals surface area (Å²) in [6.07, 6.45) is 4.57. The lowest BCUT2D eigenvalue weighted by atomic mass is 10.0. The van der Waals surface area contributed by atoms with Gasteiger partial charge in [-0.1, -0.05) is 0 Å². The summed E-state index contributed by atoms with van der Waals surface area (Å²) in [6, 6.07) is 4.58. The zero-order valence-corrected chi connectivity index (χ0v) is 18.7. The molecule has 0 aromatic carbocycles. The molecular formula is C23H25FN6O3. The van der Waals surface area contributed by atoms with Crippen LogP contribution in [0.5, 0.6) is 11.5 Å². The first kappa shape index (κ1) is 21.4. The quantitative estimate of drug-likeness (QED) is 0.464. The Labute approximate surface area is 189 Å². The molecule has 10 heteroatoms. The van der Waals surface area contributed by atoms with E-state index in [0.717, 1.165) is 48.3 Å². The van der Waals surface area contributed by atoms with Gasteiger partial charge in [-0.15, -0.1) is 0 Å². The predicted octanol–water partition coefficient (Wildman–Crippen LogP) is 2.44. The smallest absolute Gasteiger partial charge is 0.168 e. The molecule has 2 N–H and O–H groups in total. The number of hydrogen-bond acceptors (Lipinski definition) is 7. The summed E-state index contributed by atoms with van der Waals surface area (Å²) in [5, 5.41) is 23.5. The highest BCUT2D eigenvalue weighted by Crippen LogP contribution is 2.35. The van der Waals surface area contributed by atoms with Crippen molar-refractivity contribution in [3.05, 3.63) is 59.6 Å². The van der Waals surface area contributed by atoms with Crippen molar-refractivity contribution in [3.8, 4) is 22.8 Å². The molecule has 172 valence electrons. The van der Waals surface area contributed by atoms with E-state index < -0.39 is 11.4 Å². The lowest BCUT2D eigenvalue weighted by Gasteiger charge is -2.23. The lowest BCUT2D eigenvalue weighted by Crippen LogP contribution is -2.30. The summed E-state index contributed by atoms with van der Waals surface area (Å²) in [5.41, 5.74) is 3.43. The lowest BCUT2D eigenvalue weighted by molar-refractivity contribution is 0.00417. The minimum absolute atomic E-state index is 0.109. The highest BCUT2D eigenvalue weighted by Gasteiger charge is 2.27. The van der Waals surface area contributed by atoms with Crippen LogP contribution in [0.1, 0.15) is 23.9 Å². The molecule has 4 aromatic rings. The molecule has 0 spiro atoms. The van der Waals surface area contributed by atoms with Gasteiger partial charge in [-0.05, 0) is 37.6 Å². The molecule has 1 atom stereocenters. The summed E-state index contributed by atoms with van der Waals surface area (Å²) in [6.45, 7) is 5.98. The van der Waals surface area contributed by atoms with Crippen molar-refractivity contribution < 1.29 is 19.0 Å². The second-order valence-electron chi connectivity index (χ2n) is 8.34. The molecule has 1 unspecified atom stereocenters. The van der Waals surface area contributed by atoms with E-state index in [2.05, 4.69) is 22.3 Å². The first-order valence-electron chi connectivity index (χ1n) is 10.7. The Morgan fingerprint density at radius 1 is 1.27 bits per heavy atom. The van der Waals surface area contributed by atoms with Crippen molar-refractivity contribution in [1.29, 1.82) is 0 Å². The first-order valence-corrected chi connectivity index (χ1v) is 10.7. The number of methoxy groups -OCH3 is 1. The third-order valence-electron chi connectivity index (χ3n) is 5.94. The molecule has 0 radical (unpaired) electrons. The van der Waals surface area contributed by atoms with E-state index in [9.17, 15) is 9.50 Å². The zero-order valence-electron chi connectivity index (χ0n) is 18.7. The van der Waals surface area contributed by atoms with Crippen LogP contribution in [-0.4, -0.2) is 49.7 Å². The standard InChI is InChI=1S/C23H25FN6O3/c1-14-17-10-25-6-7-29(17)28-21(14)15-8-18(22-19(32-3)11-27-30(22)12-15)33-13-23(2,31)20-5-4-16(24)9-26-20/h4-5,8-9,11-12,25,31H,6-7,10,13H2,1-3H3. The summed E-state index contributed by atoms with van der Waals surface area (Å²) in [5.74, 6) is 0.552. The van der Waals surface area contributed by atoms with Gasteiger partial charge < -0.3 is 19.9 Å². The Morgan fingerprint density at radius 2 is 2.12 bits per heavy atom. The Bertz CT molecular complexity index is 1310. The number of fused-ring (bicyclic) bond motifs is 2.